The number of aromatic amines is 1. The Balaban J connectivity index is 1.49. The molecule has 2 N–H and O–H groups in total. The van der Waals surface area contributed by atoms with Gasteiger partial charge in [0.2, 0.25) is 0 Å². The molecule has 1 saturated carbocycles. The SMILES string of the molecule is Brc1ccc2[nH]c3c(c2c1)CCNC31CCC(c2ccccc2)CC1. The average molecular weight is 395 g/mol. The van der Waals surface area contributed by atoms with E-state index in [1.54, 1.807) is 0 Å². The fraction of sp³-hybridized carbons (Fsp3) is 0.364. The van der Waals surface area contributed by atoms with Crippen molar-refractivity contribution in [3.05, 3.63) is 69.8 Å². The van der Waals surface area contributed by atoms with Gasteiger partial charge in [-0.2, -0.15) is 0 Å². The topological polar surface area (TPSA) is 27.8 Å². The van der Waals surface area contributed by atoms with Gasteiger partial charge in [0, 0.05) is 27.6 Å². The van der Waals surface area contributed by atoms with Crippen LogP contribution in [-0.4, -0.2) is 11.5 Å². The maximum atomic E-state index is 3.90. The first-order valence-corrected chi connectivity index (χ1v) is 10.2. The Labute approximate surface area is 157 Å². The largest absolute Gasteiger partial charge is 0.357 e. The van der Waals surface area contributed by atoms with Crippen LogP contribution >= 0.6 is 15.9 Å². The highest BCUT2D eigenvalue weighted by Gasteiger charge is 2.41. The lowest BCUT2D eigenvalue weighted by atomic mass is 9.70. The number of nitrogens with one attached hydrogen (secondary N) is 2. The summed E-state index contributed by atoms with van der Waals surface area (Å²) in [5, 5.41) is 5.29. The molecule has 0 radical (unpaired) electrons. The summed E-state index contributed by atoms with van der Waals surface area (Å²) in [6, 6.07) is 17.7. The average Bonchev–Trinajstić information content (AvgIpc) is 3.03. The van der Waals surface area contributed by atoms with Crippen molar-refractivity contribution in [1.82, 2.24) is 10.3 Å². The van der Waals surface area contributed by atoms with Gasteiger partial charge in [-0.05, 0) is 67.3 Å². The van der Waals surface area contributed by atoms with Gasteiger partial charge in [-0.25, -0.2) is 0 Å². The predicted molar refractivity (Wildman–Crippen MR) is 107 cm³/mol. The molecule has 0 atom stereocenters. The third-order valence-electron chi connectivity index (χ3n) is 6.30. The van der Waals surface area contributed by atoms with Crippen LogP contribution in [0.25, 0.3) is 10.9 Å². The van der Waals surface area contributed by atoms with Crippen LogP contribution in [0.5, 0.6) is 0 Å². The van der Waals surface area contributed by atoms with Gasteiger partial charge in [-0.1, -0.05) is 46.3 Å². The van der Waals surface area contributed by atoms with Crippen LogP contribution in [0.15, 0.2) is 53.0 Å². The number of halogens is 1. The molecule has 1 spiro atoms. The molecule has 1 aliphatic carbocycles. The van der Waals surface area contributed by atoms with E-state index in [-0.39, 0.29) is 5.54 Å². The number of fused-ring (bicyclic) bond motifs is 4. The first-order valence-electron chi connectivity index (χ1n) is 9.36. The third kappa shape index (κ3) is 2.56. The summed E-state index contributed by atoms with van der Waals surface area (Å²) < 4.78 is 1.17. The molecule has 25 heavy (non-hydrogen) atoms. The van der Waals surface area contributed by atoms with Gasteiger partial charge in [0.25, 0.3) is 0 Å². The maximum Gasteiger partial charge on any atom is 0.0590 e. The van der Waals surface area contributed by atoms with Crippen molar-refractivity contribution in [1.29, 1.82) is 0 Å². The Morgan fingerprint density at radius 1 is 1.00 bits per heavy atom. The lowest BCUT2D eigenvalue weighted by molar-refractivity contribution is 0.202. The molecule has 2 aliphatic rings. The van der Waals surface area contributed by atoms with Crippen molar-refractivity contribution < 1.29 is 0 Å². The van der Waals surface area contributed by atoms with E-state index in [0.717, 1.165) is 13.0 Å². The molecule has 0 amide bonds. The first kappa shape index (κ1) is 15.7. The minimum absolute atomic E-state index is 0.143. The molecule has 3 heteroatoms. The van der Waals surface area contributed by atoms with E-state index in [1.165, 1.54) is 57.9 Å². The maximum absolute atomic E-state index is 3.90. The normalized spacial score (nSPS) is 26.0. The van der Waals surface area contributed by atoms with Crippen LogP contribution < -0.4 is 5.32 Å². The smallest absolute Gasteiger partial charge is 0.0590 e. The lowest BCUT2D eigenvalue weighted by Crippen LogP contribution is -2.49. The molecule has 0 saturated heterocycles. The summed E-state index contributed by atoms with van der Waals surface area (Å²) in [7, 11) is 0. The standard InChI is InChI=1S/C22H23BrN2/c23-17-6-7-20-19(14-17)18-10-13-24-22(21(18)25-20)11-8-16(9-12-22)15-4-2-1-3-5-15/h1-7,14,16,24-25H,8-13H2. The van der Waals surface area contributed by atoms with Crippen LogP contribution in [-0.2, 0) is 12.0 Å². The number of H-pyrrole nitrogens is 1. The zero-order chi connectivity index (χ0) is 16.9. The summed E-state index contributed by atoms with van der Waals surface area (Å²) in [6.45, 7) is 1.09. The van der Waals surface area contributed by atoms with Crippen LogP contribution in [0, 0.1) is 0 Å². The van der Waals surface area contributed by atoms with E-state index in [2.05, 4.69) is 74.8 Å². The molecule has 1 fully saturated rings. The summed E-state index contributed by atoms with van der Waals surface area (Å²) in [5.41, 5.74) is 5.92. The second-order valence-corrected chi connectivity index (χ2v) is 8.53. The van der Waals surface area contributed by atoms with Crippen molar-refractivity contribution in [3.63, 3.8) is 0 Å². The summed E-state index contributed by atoms with van der Waals surface area (Å²) in [6.07, 6.45) is 6.07. The number of rotatable bonds is 1. The lowest BCUT2D eigenvalue weighted by Gasteiger charge is -2.43. The third-order valence-corrected chi connectivity index (χ3v) is 6.79. The fourth-order valence-corrected chi connectivity index (χ4v) is 5.36. The van der Waals surface area contributed by atoms with Crippen LogP contribution in [0.3, 0.4) is 0 Å². The van der Waals surface area contributed by atoms with Crippen molar-refractivity contribution in [3.8, 4) is 0 Å². The van der Waals surface area contributed by atoms with Crippen molar-refractivity contribution in [2.75, 3.05) is 6.54 Å². The second kappa shape index (κ2) is 6.00. The summed E-state index contributed by atoms with van der Waals surface area (Å²) >= 11 is 3.64. The van der Waals surface area contributed by atoms with Crippen LogP contribution in [0.1, 0.15) is 48.4 Å². The molecular formula is C22H23BrN2. The zero-order valence-corrected chi connectivity index (χ0v) is 15.9. The van der Waals surface area contributed by atoms with Crippen LogP contribution in [0.2, 0.25) is 0 Å². The van der Waals surface area contributed by atoms with E-state index in [1.807, 2.05) is 0 Å². The first-order chi connectivity index (χ1) is 12.3. The Morgan fingerprint density at radius 2 is 1.80 bits per heavy atom. The zero-order valence-electron chi connectivity index (χ0n) is 14.3. The molecule has 2 aromatic carbocycles. The molecule has 2 heterocycles. The Morgan fingerprint density at radius 3 is 2.60 bits per heavy atom. The predicted octanol–water partition coefficient (Wildman–Crippen LogP) is 5.63. The van der Waals surface area contributed by atoms with Crippen LogP contribution in [0.4, 0.5) is 0 Å². The van der Waals surface area contributed by atoms with Crippen molar-refractivity contribution in [2.24, 2.45) is 0 Å². The minimum atomic E-state index is 0.143. The highest BCUT2D eigenvalue weighted by Crippen LogP contribution is 2.46. The molecule has 0 unspecified atom stereocenters. The Hall–Kier alpha value is -1.58. The highest BCUT2D eigenvalue weighted by molar-refractivity contribution is 9.10. The van der Waals surface area contributed by atoms with E-state index < -0.39 is 0 Å². The van der Waals surface area contributed by atoms with Crippen molar-refractivity contribution in [2.45, 2.75) is 43.6 Å². The second-order valence-electron chi connectivity index (χ2n) is 7.61. The van der Waals surface area contributed by atoms with Gasteiger partial charge in [0.1, 0.15) is 0 Å². The molecule has 2 nitrogen and oxygen atoms in total. The molecule has 128 valence electrons. The quantitative estimate of drug-likeness (QED) is 0.549. The summed E-state index contributed by atoms with van der Waals surface area (Å²) in [4.78, 5) is 3.78. The fourth-order valence-electron chi connectivity index (χ4n) is 5.00. The van der Waals surface area contributed by atoms with E-state index in [9.17, 15) is 0 Å². The van der Waals surface area contributed by atoms with Gasteiger partial charge >= 0.3 is 0 Å². The van der Waals surface area contributed by atoms with Gasteiger partial charge < -0.3 is 10.3 Å². The van der Waals surface area contributed by atoms with E-state index in [4.69, 9.17) is 0 Å². The molecule has 5 rings (SSSR count). The van der Waals surface area contributed by atoms with Gasteiger partial charge in [0.15, 0.2) is 0 Å². The molecular weight excluding hydrogens is 372 g/mol. The molecule has 1 aliphatic heterocycles. The van der Waals surface area contributed by atoms with Gasteiger partial charge in [-0.3, -0.25) is 0 Å². The van der Waals surface area contributed by atoms with E-state index >= 15 is 0 Å². The minimum Gasteiger partial charge on any atom is -0.357 e. The molecule has 0 bridgehead atoms. The van der Waals surface area contributed by atoms with Crippen molar-refractivity contribution >= 4 is 26.8 Å². The number of benzene rings is 2. The molecule has 3 aromatic rings. The number of hydrogen-bond acceptors (Lipinski definition) is 1. The number of hydrogen-bond donors (Lipinski definition) is 2. The van der Waals surface area contributed by atoms with E-state index in [0.29, 0.717) is 5.92 Å². The Bertz CT molecular complexity index is 904. The van der Waals surface area contributed by atoms with Gasteiger partial charge in [-0.15, -0.1) is 0 Å². The molecule has 1 aromatic heterocycles. The monoisotopic (exact) mass is 394 g/mol. The summed E-state index contributed by atoms with van der Waals surface area (Å²) in [5.74, 6) is 0.706. The number of aromatic nitrogens is 1. The Kier molecular flexibility index (Phi) is 3.76. The van der Waals surface area contributed by atoms with Gasteiger partial charge in [0.05, 0.1) is 5.54 Å². The highest BCUT2D eigenvalue weighted by atomic mass is 79.9.